The van der Waals surface area contributed by atoms with Crippen LogP contribution in [-0.2, 0) is 0 Å². The average molecular weight is 251 g/mol. The number of ether oxygens (including phenoxy) is 1. The van der Waals surface area contributed by atoms with Crippen LogP contribution in [0, 0.1) is 12.7 Å². The van der Waals surface area contributed by atoms with Gasteiger partial charge < -0.3 is 10.1 Å². The molecule has 1 saturated carbocycles. The molecule has 2 atom stereocenters. The molecule has 1 fully saturated rings. The monoisotopic (exact) mass is 251 g/mol. The third-order valence-electron chi connectivity index (χ3n) is 3.56. The first-order valence-electron chi connectivity index (χ1n) is 6.85. The Morgan fingerprint density at radius 2 is 2.22 bits per heavy atom. The first-order valence-corrected chi connectivity index (χ1v) is 6.85. The second-order valence-electron chi connectivity index (χ2n) is 5.07. The Balaban J connectivity index is 1.93. The predicted octanol–water partition coefficient (Wildman–Crippen LogP) is 3.43. The quantitative estimate of drug-likeness (QED) is 0.885. The van der Waals surface area contributed by atoms with Crippen molar-refractivity contribution in [3.05, 3.63) is 29.6 Å². The minimum Gasteiger partial charge on any atom is -0.490 e. The van der Waals surface area contributed by atoms with Gasteiger partial charge in [0.1, 0.15) is 17.7 Å². The number of halogens is 1. The molecule has 0 aromatic heterocycles. The number of nitrogens with one attached hydrogen (secondary N) is 1. The highest BCUT2D eigenvalue weighted by Crippen LogP contribution is 2.25. The van der Waals surface area contributed by atoms with Gasteiger partial charge in [0, 0.05) is 12.1 Å². The lowest BCUT2D eigenvalue weighted by Gasteiger charge is -2.30. The number of hydrogen-bond donors (Lipinski definition) is 1. The lowest BCUT2D eigenvalue weighted by Crippen LogP contribution is -2.37. The Morgan fingerprint density at radius 1 is 1.39 bits per heavy atom. The van der Waals surface area contributed by atoms with Crippen molar-refractivity contribution < 1.29 is 9.13 Å². The predicted molar refractivity (Wildman–Crippen MR) is 71.5 cm³/mol. The van der Waals surface area contributed by atoms with Crippen molar-refractivity contribution in [3.8, 4) is 5.75 Å². The summed E-state index contributed by atoms with van der Waals surface area (Å²) in [6.45, 7) is 4.89. The van der Waals surface area contributed by atoms with Gasteiger partial charge in [-0.3, -0.25) is 0 Å². The topological polar surface area (TPSA) is 21.3 Å². The zero-order valence-electron chi connectivity index (χ0n) is 11.2. The summed E-state index contributed by atoms with van der Waals surface area (Å²) in [6, 6.07) is 5.67. The van der Waals surface area contributed by atoms with Gasteiger partial charge in [-0.15, -0.1) is 0 Å². The van der Waals surface area contributed by atoms with Crippen molar-refractivity contribution in [2.24, 2.45) is 0 Å². The van der Waals surface area contributed by atoms with Gasteiger partial charge in [0.2, 0.25) is 0 Å². The van der Waals surface area contributed by atoms with Gasteiger partial charge in [0.15, 0.2) is 0 Å². The fourth-order valence-electron chi connectivity index (χ4n) is 2.57. The van der Waals surface area contributed by atoms with Gasteiger partial charge >= 0.3 is 0 Å². The van der Waals surface area contributed by atoms with Crippen LogP contribution >= 0.6 is 0 Å². The van der Waals surface area contributed by atoms with E-state index in [0.717, 1.165) is 19.4 Å². The molecular weight excluding hydrogens is 229 g/mol. The minimum absolute atomic E-state index is 0.188. The van der Waals surface area contributed by atoms with Crippen LogP contribution in [0.25, 0.3) is 0 Å². The van der Waals surface area contributed by atoms with Gasteiger partial charge in [-0.05, 0) is 50.8 Å². The van der Waals surface area contributed by atoms with E-state index in [4.69, 9.17) is 4.74 Å². The van der Waals surface area contributed by atoms with Gasteiger partial charge in [-0.1, -0.05) is 13.0 Å². The van der Waals surface area contributed by atoms with Crippen LogP contribution in [0.3, 0.4) is 0 Å². The Hall–Kier alpha value is -1.09. The number of aryl methyl sites for hydroxylation is 1. The number of benzene rings is 1. The summed E-state index contributed by atoms with van der Waals surface area (Å²) in [6.07, 6.45) is 4.69. The maximum Gasteiger partial charge on any atom is 0.129 e. The summed E-state index contributed by atoms with van der Waals surface area (Å²) in [4.78, 5) is 0. The van der Waals surface area contributed by atoms with E-state index in [9.17, 15) is 4.39 Å². The lowest BCUT2D eigenvalue weighted by atomic mass is 9.93. The fraction of sp³-hybridized carbons (Fsp3) is 0.600. The van der Waals surface area contributed by atoms with Crippen molar-refractivity contribution in [1.82, 2.24) is 5.32 Å². The minimum atomic E-state index is -0.188. The third-order valence-corrected chi connectivity index (χ3v) is 3.56. The molecule has 0 saturated heterocycles. The molecule has 1 aromatic carbocycles. The van der Waals surface area contributed by atoms with Crippen molar-refractivity contribution in [3.63, 3.8) is 0 Å². The summed E-state index contributed by atoms with van der Waals surface area (Å²) in [5.41, 5.74) is 0.663. The Labute approximate surface area is 109 Å². The van der Waals surface area contributed by atoms with E-state index in [1.54, 1.807) is 13.0 Å². The highest BCUT2D eigenvalue weighted by atomic mass is 19.1. The van der Waals surface area contributed by atoms with E-state index >= 15 is 0 Å². The molecule has 0 radical (unpaired) electrons. The standard InChI is InChI=1S/C15H22FNO/c1-3-17-12-5-4-6-13(9-12)18-14-8-7-11(2)15(16)10-14/h7-8,10,12-13,17H,3-6,9H2,1-2H3. The van der Waals surface area contributed by atoms with Crippen LogP contribution in [0.5, 0.6) is 5.75 Å². The van der Waals surface area contributed by atoms with E-state index < -0.39 is 0 Å². The third kappa shape index (κ3) is 3.45. The van der Waals surface area contributed by atoms with Gasteiger partial charge in [-0.25, -0.2) is 4.39 Å². The zero-order valence-corrected chi connectivity index (χ0v) is 11.2. The smallest absolute Gasteiger partial charge is 0.129 e. The number of hydrogen-bond acceptors (Lipinski definition) is 2. The Bertz CT molecular complexity index is 392. The molecule has 0 amide bonds. The van der Waals surface area contributed by atoms with E-state index in [1.807, 2.05) is 6.07 Å². The molecule has 0 spiro atoms. The lowest BCUT2D eigenvalue weighted by molar-refractivity contribution is 0.135. The highest BCUT2D eigenvalue weighted by molar-refractivity contribution is 5.28. The molecule has 2 unspecified atom stereocenters. The molecule has 1 N–H and O–H groups in total. The summed E-state index contributed by atoms with van der Waals surface area (Å²) in [5, 5.41) is 3.47. The Kier molecular flexibility index (Phi) is 4.59. The fourth-order valence-corrected chi connectivity index (χ4v) is 2.57. The van der Waals surface area contributed by atoms with Crippen molar-refractivity contribution in [2.75, 3.05) is 6.54 Å². The molecule has 1 aliphatic carbocycles. The van der Waals surface area contributed by atoms with E-state index in [-0.39, 0.29) is 11.9 Å². The summed E-state index contributed by atoms with van der Waals surface area (Å²) in [5.74, 6) is 0.465. The van der Waals surface area contributed by atoms with E-state index in [2.05, 4.69) is 12.2 Å². The second kappa shape index (κ2) is 6.19. The molecule has 100 valence electrons. The van der Waals surface area contributed by atoms with Crippen molar-refractivity contribution in [1.29, 1.82) is 0 Å². The van der Waals surface area contributed by atoms with Gasteiger partial charge in [0.05, 0.1) is 0 Å². The normalized spacial score (nSPS) is 23.9. The van der Waals surface area contributed by atoms with Crippen LogP contribution in [0.1, 0.15) is 38.2 Å². The Morgan fingerprint density at radius 3 is 2.94 bits per heavy atom. The van der Waals surface area contributed by atoms with Crippen LogP contribution in [0.2, 0.25) is 0 Å². The maximum atomic E-state index is 13.4. The molecule has 2 rings (SSSR count). The van der Waals surface area contributed by atoms with Crippen LogP contribution in [0.4, 0.5) is 4.39 Å². The first-order chi connectivity index (χ1) is 8.69. The molecule has 0 bridgehead atoms. The molecular formula is C15H22FNO. The van der Waals surface area contributed by atoms with Crippen LogP contribution in [0.15, 0.2) is 18.2 Å². The largest absolute Gasteiger partial charge is 0.490 e. The van der Waals surface area contributed by atoms with Crippen molar-refractivity contribution >= 4 is 0 Å². The zero-order chi connectivity index (χ0) is 13.0. The maximum absolute atomic E-state index is 13.4. The molecule has 2 nitrogen and oxygen atoms in total. The summed E-state index contributed by atoms with van der Waals surface area (Å²) >= 11 is 0. The van der Waals surface area contributed by atoms with E-state index in [0.29, 0.717) is 17.4 Å². The molecule has 1 aromatic rings. The first kappa shape index (κ1) is 13.3. The summed E-state index contributed by atoms with van der Waals surface area (Å²) < 4.78 is 19.3. The second-order valence-corrected chi connectivity index (χ2v) is 5.07. The molecule has 0 heterocycles. The summed E-state index contributed by atoms with van der Waals surface area (Å²) in [7, 11) is 0. The molecule has 3 heteroatoms. The molecule has 18 heavy (non-hydrogen) atoms. The van der Waals surface area contributed by atoms with Crippen molar-refractivity contribution in [2.45, 2.75) is 51.7 Å². The average Bonchev–Trinajstić information content (AvgIpc) is 2.35. The van der Waals surface area contributed by atoms with Gasteiger partial charge in [0.25, 0.3) is 0 Å². The SMILES string of the molecule is CCNC1CCCC(Oc2ccc(C)c(F)c2)C1. The molecule has 0 aliphatic heterocycles. The number of rotatable bonds is 4. The van der Waals surface area contributed by atoms with Crippen LogP contribution < -0.4 is 10.1 Å². The van der Waals surface area contributed by atoms with Crippen LogP contribution in [-0.4, -0.2) is 18.7 Å². The highest BCUT2D eigenvalue weighted by Gasteiger charge is 2.22. The van der Waals surface area contributed by atoms with E-state index in [1.165, 1.54) is 18.9 Å². The van der Waals surface area contributed by atoms with Gasteiger partial charge in [-0.2, -0.15) is 0 Å². The molecule has 1 aliphatic rings.